The van der Waals surface area contributed by atoms with Crippen molar-refractivity contribution in [2.24, 2.45) is 11.8 Å². The minimum Gasteiger partial charge on any atom is -0.426 e. The first kappa shape index (κ1) is 29.1. The average molecular weight is 525 g/mol. The van der Waals surface area contributed by atoms with Gasteiger partial charge in [0, 0.05) is 0 Å². The Balaban J connectivity index is 1.25. The number of benzene rings is 3. The smallest absolute Gasteiger partial charge is 0.314 e. The highest BCUT2D eigenvalue weighted by molar-refractivity contribution is 5.75. The number of ether oxygens (including phenoxy) is 1. The summed E-state index contributed by atoms with van der Waals surface area (Å²) in [4.78, 5) is 13.1. The third kappa shape index (κ3) is 9.09. The Morgan fingerprint density at radius 1 is 0.744 bits per heavy atom. The molecule has 0 heterocycles. The quantitative estimate of drug-likeness (QED) is 0.155. The number of rotatable bonds is 14. The maximum absolute atomic E-state index is 13.1. The van der Waals surface area contributed by atoms with Crippen molar-refractivity contribution in [2.75, 3.05) is 0 Å². The molecule has 1 fully saturated rings. The van der Waals surface area contributed by atoms with Crippen LogP contribution >= 0.6 is 0 Å². The Morgan fingerprint density at radius 2 is 1.38 bits per heavy atom. The molecule has 39 heavy (non-hydrogen) atoms. The summed E-state index contributed by atoms with van der Waals surface area (Å²) in [5.41, 5.74) is 5.22. The largest absolute Gasteiger partial charge is 0.426 e. The van der Waals surface area contributed by atoms with Crippen LogP contribution in [0, 0.1) is 11.8 Å². The lowest BCUT2D eigenvalue weighted by atomic mass is 9.77. The van der Waals surface area contributed by atoms with Crippen molar-refractivity contribution in [1.29, 1.82) is 0 Å². The standard InChI is InChI=1S/C37H48O2/c1-3-5-11-29-17-23-33(24-18-29)34-25-27-36(28-26-34)39-37(38)35(13-6-4-2)16-10-12-30-19-21-32(22-20-30)31-14-8-7-9-15-31/h7-9,14-15,19-22,25-29,33,35H,3-6,10-13,16-18,23-24H2,1-2H3. The molecule has 3 aromatic carbocycles. The molecule has 0 N–H and O–H groups in total. The second-order valence-electron chi connectivity index (χ2n) is 11.6. The number of aryl methyl sites for hydroxylation is 1. The molecule has 0 bridgehead atoms. The molecule has 1 atom stereocenters. The predicted octanol–water partition coefficient (Wildman–Crippen LogP) is 10.6. The van der Waals surface area contributed by atoms with Crippen molar-refractivity contribution in [2.45, 2.75) is 103 Å². The van der Waals surface area contributed by atoms with Gasteiger partial charge < -0.3 is 4.74 Å². The molecular weight excluding hydrogens is 476 g/mol. The zero-order chi connectivity index (χ0) is 27.3. The van der Waals surface area contributed by atoms with Gasteiger partial charge in [-0.1, -0.05) is 113 Å². The van der Waals surface area contributed by atoms with E-state index in [9.17, 15) is 4.79 Å². The molecule has 1 saturated carbocycles. The van der Waals surface area contributed by atoms with Crippen molar-refractivity contribution in [3.63, 3.8) is 0 Å². The van der Waals surface area contributed by atoms with Gasteiger partial charge in [-0.2, -0.15) is 0 Å². The molecule has 1 unspecified atom stereocenters. The van der Waals surface area contributed by atoms with Crippen molar-refractivity contribution >= 4 is 5.97 Å². The van der Waals surface area contributed by atoms with Crippen LogP contribution in [0.15, 0.2) is 78.9 Å². The second kappa shape index (κ2) is 15.7. The molecule has 0 amide bonds. The van der Waals surface area contributed by atoms with Crippen LogP contribution in [0.3, 0.4) is 0 Å². The first-order chi connectivity index (χ1) is 19.2. The lowest BCUT2D eigenvalue weighted by Gasteiger charge is -2.29. The zero-order valence-electron chi connectivity index (χ0n) is 24.2. The van der Waals surface area contributed by atoms with Crippen LogP contribution in [0.2, 0.25) is 0 Å². The molecular formula is C37H48O2. The van der Waals surface area contributed by atoms with Crippen molar-refractivity contribution in [3.05, 3.63) is 90.0 Å². The van der Waals surface area contributed by atoms with Gasteiger partial charge in [0.15, 0.2) is 0 Å². The maximum Gasteiger partial charge on any atom is 0.314 e. The third-order valence-electron chi connectivity index (χ3n) is 8.70. The average Bonchev–Trinajstić information content (AvgIpc) is 2.99. The van der Waals surface area contributed by atoms with Gasteiger partial charge >= 0.3 is 5.97 Å². The molecule has 0 radical (unpaired) electrons. The lowest BCUT2D eigenvalue weighted by molar-refractivity contribution is -0.139. The number of unbranched alkanes of at least 4 members (excludes halogenated alkanes) is 2. The molecule has 0 spiro atoms. The highest BCUT2D eigenvalue weighted by Gasteiger charge is 2.23. The fraction of sp³-hybridized carbons (Fsp3) is 0.486. The van der Waals surface area contributed by atoms with E-state index in [0.29, 0.717) is 11.7 Å². The lowest BCUT2D eigenvalue weighted by Crippen LogP contribution is -2.21. The van der Waals surface area contributed by atoms with Gasteiger partial charge in [0.1, 0.15) is 5.75 Å². The molecule has 0 saturated heterocycles. The van der Waals surface area contributed by atoms with Gasteiger partial charge in [0.2, 0.25) is 0 Å². The van der Waals surface area contributed by atoms with Crippen LogP contribution in [0.4, 0.5) is 0 Å². The number of carbonyl (C=O) groups excluding carboxylic acids is 1. The van der Waals surface area contributed by atoms with Crippen molar-refractivity contribution < 1.29 is 9.53 Å². The van der Waals surface area contributed by atoms with E-state index in [-0.39, 0.29) is 11.9 Å². The van der Waals surface area contributed by atoms with E-state index in [1.807, 2.05) is 18.2 Å². The van der Waals surface area contributed by atoms with Crippen LogP contribution in [-0.2, 0) is 11.2 Å². The third-order valence-corrected chi connectivity index (χ3v) is 8.70. The predicted molar refractivity (Wildman–Crippen MR) is 164 cm³/mol. The molecule has 3 aromatic rings. The van der Waals surface area contributed by atoms with E-state index in [4.69, 9.17) is 4.74 Å². The van der Waals surface area contributed by atoms with Crippen LogP contribution in [-0.4, -0.2) is 5.97 Å². The van der Waals surface area contributed by atoms with Crippen LogP contribution < -0.4 is 4.74 Å². The van der Waals surface area contributed by atoms with E-state index >= 15 is 0 Å². The van der Waals surface area contributed by atoms with E-state index in [0.717, 1.165) is 44.4 Å². The van der Waals surface area contributed by atoms with Crippen LogP contribution in [0.5, 0.6) is 5.75 Å². The highest BCUT2D eigenvalue weighted by Crippen LogP contribution is 2.38. The van der Waals surface area contributed by atoms with E-state index < -0.39 is 0 Å². The van der Waals surface area contributed by atoms with Gasteiger partial charge in [0.25, 0.3) is 0 Å². The van der Waals surface area contributed by atoms with E-state index in [2.05, 4.69) is 74.5 Å². The summed E-state index contributed by atoms with van der Waals surface area (Å²) in [6, 6.07) is 27.8. The Bertz CT molecular complexity index is 1090. The second-order valence-corrected chi connectivity index (χ2v) is 11.6. The Kier molecular flexibility index (Phi) is 11.7. The Labute approximate surface area is 237 Å². The Hall–Kier alpha value is -2.87. The molecule has 1 aliphatic carbocycles. The normalized spacial score (nSPS) is 18.0. The van der Waals surface area contributed by atoms with Crippen LogP contribution in [0.1, 0.15) is 108 Å². The summed E-state index contributed by atoms with van der Waals surface area (Å²) in [7, 11) is 0. The fourth-order valence-corrected chi connectivity index (χ4v) is 6.16. The number of carbonyl (C=O) groups is 1. The first-order valence-electron chi connectivity index (χ1n) is 15.6. The van der Waals surface area contributed by atoms with Crippen molar-refractivity contribution in [3.8, 4) is 16.9 Å². The molecule has 208 valence electrons. The summed E-state index contributed by atoms with van der Waals surface area (Å²) in [5.74, 6) is 2.18. The van der Waals surface area contributed by atoms with Crippen LogP contribution in [0.25, 0.3) is 11.1 Å². The Morgan fingerprint density at radius 3 is 2.05 bits per heavy atom. The van der Waals surface area contributed by atoms with Gasteiger partial charge in [-0.15, -0.1) is 0 Å². The molecule has 1 aliphatic rings. The fourth-order valence-electron chi connectivity index (χ4n) is 6.16. The first-order valence-corrected chi connectivity index (χ1v) is 15.6. The summed E-state index contributed by atoms with van der Waals surface area (Å²) in [6.45, 7) is 4.48. The van der Waals surface area contributed by atoms with Gasteiger partial charge in [0.05, 0.1) is 5.92 Å². The number of esters is 1. The molecule has 4 rings (SSSR count). The zero-order valence-corrected chi connectivity index (χ0v) is 24.2. The van der Waals surface area contributed by atoms with E-state index in [1.165, 1.54) is 67.2 Å². The number of hydrogen-bond acceptors (Lipinski definition) is 2. The summed E-state index contributed by atoms with van der Waals surface area (Å²) < 4.78 is 5.91. The molecule has 2 heteroatoms. The number of hydrogen-bond donors (Lipinski definition) is 0. The highest BCUT2D eigenvalue weighted by atomic mass is 16.5. The van der Waals surface area contributed by atoms with E-state index in [1.54, 1.807) is 0 Å². The summed E-state index contributed by atoms with van der Waals surface area (Å²) in [6.07, 6.45) is 15.3. The molecule has 2 nitrogen and oxygen atoms in total. The summed E-state index contributed by atoms with van der Waals surface area (Å²) in [5, 5.41) is 0. The monoisotopic (exact) mass is 524 g/mol. The molecule has 0 aromatic heterocycles. The van der Waals surface area contributed by atoms with Gasteiger partial charge in [-0.25, -0.2) is 0 Å². The SMILES string of the molecule is CCCCC1CCC(c2ccc(OC(=O)C(CCCC)CCCc3ccc(-c4ccccc4)cc3)cc2)CC1. The van der Waals surface area contributed by atoms with Crippen molar-refractivity contribution in [1.82, 2.24) is 0 Å². The van der Waals surface area contributed by atoms with Gasteiger partial charge in [-0.05, 0) is 97.6 Å². The van der Waals surface area contributed by atoms with Gasteiger partial charge in [-0.3, -0.25) is 4.79 Å². The minimum absolute atomic E-state index is 0.0355. The topological polar surface area (TPSA) is 26.3 Å². The maximum atomic E-state index is 13.1. The molecule has 0 aliphatic heterocycles. The summed E-state index contributed by atoms with van der Waals surface area (Å²) >= 11 is 0. The minimum atomic E-state index is -0.0629.